The van der Waals surface area contributed by atoms with Crippen LogP contribution in [0.4, 0.5) is 5.69 Å². The molecule has 4 aromatic rings. The minimum atomic E-state index is -0.281. The fourth-order valence-corrected chi connectivity index (χ4v) is 3.09. The Labute approximate surface area is 167 Å². The average molecular weight is 385 g/mol. The lowest BCUT2D eigenvalue weighted by molar-refractivity contribution is 0.0983. The highest BCUT2D eigenvalue weighted by molar-refractivity contribution is 6.07. The molecule has 0 aliphatic carbocycles. The maximum Gasteiger partial charge on any atom is 0.262 e. The second kappa shape index (κ2) is 7.93. The van der Waals surface area contributed by atoms with Crippen LogP contribution >= 0.6 is 0 Å². The maximum absolute atomic E-state index is 13.5. The number of para-hydroxylation sites is 2. The van der Waals surface area contributed by atoms with E-state index in [0.29, 0.717) is 28.5 Å². The van der Waals surface area contributed by atoms with Crippen molar-refractivity contribution in [2.75, 3.05) is 4.90 Å². The van der Waals surface area contributed by atoms with E-state index in [1.165, 1.54) is 11.1 Å². The van der Waals surface area contributed by atoms with Crippen molar-refractivity contribution < 1.29 is 9.90 Å². The van der Waals surface area contributed by atoms with Gasteiger partial charge in [-0.15, -0.1) is 0 Å². The number of amides is 1. The molecular formula is C22H19N5O2. The quantitative estimate of drug-likeness (QED) is 0.568. The molecule has 144 valence electrons. The molecule has 4 rings (SSSR count). The Morgan fingerprint density at radius 3 is 2.41 bits per heavy atom. The fraction of sp³-hybridized carbons (Fsp3) is 0.0909. The van der Waals surface area contributed by atoms with Gasteiger partial charge in [-0.3, -0.25) is 14.7 Å². The number of nitrogens with zero attached hydrogens (tertiary/aromatic N) is 5. The normalized spacial score (nSPS) is 10.7. The number of anilines is 1. The number of carbonyl (C=O) groups excluding carboxylic acids is 1. The minimum Gasteiger partial charge on any atom is -0.506 e. The van der Waals surface area contributed by atoms with E-state index < -0.39 is 0 Å². The first kappa shape index (κ1) is 18.4. The van der Waals surface area contributed by atoms with E-state index >= 15 is 0 Å². The number of pyridine rings is 2. The lowest BCUT2D eigenvalue weighted by Crippen LogP contribution is -2.31. The number of aromatic hydroxyl groups is 1. The van der Waals surface area contributed by atoms with Crippen LogP contribution in [0.5, 0.6) is 5.75 Å². The summed E-state index contributed by atoms with van der Waals surface area (Å²) in [7, 11) is 0. The summed E-state index contributed by atoms with van der Waals surface area (Å²) in [5, 5.41) is 14.7. The van der Waals surface area contributed by atoms with Crippen LogP contribution in [0.15, 0.2) is 79.3 Å². The van der Waals surface area contributed by atoms with Gasteiger partial charge in [0.2, 0.25) is 0 Å². The standard InChI is InChI=1S/C22H19N5O2/c1-16-18(14-25-27(16)21-11-5-7-13-24-21)22(29)26(15-17-8-4-6-12-23-17)19-9-2-3-10-20(19)28/h2-14,28H,15H2,1H3. The zero-order valence-electron chi connectivity index (χ0n) is 15.8. The first-order valence-corrected chi connectivity index (χ1v) is 9.11. The molecule has 7 nitrogen and oxygen atoms in total. The van der Waals surface area contributed by atoms with Gasteiger partial charge in [0, 0.05) is 12.4 Å². The molecule has 0 atom stereocenters. The van der Waals surface area contributed by atoms with E-state index in [-0.39, 0.29) is 18.2 Å². The molecular weight excluding hydrogens is 366 g/mol. The Hall–Kier alpha value is -4.00. The predicted octanol–water partition coefficient (Wildman–Crippen LogP) is 3.52. The zero-order chi connectivity index (χ0) is 20.2. The molecule has 3 aromatic heterocycles. The van der Waals surface area contributed by atoms with Gasteiger partial charge in [0.05, 0.1) is 35.4 Å². The predicted molar refractivity (Wildman–Crippen MR) is 109 cm³/mol. The van der Waals surface area contributed by atoms with Gasteiger partial charge in [-0.05, 0) is 43.3 Å². The van der Waals surface area contributed by atoms with E-state index in [2.05, 4.69) is 15.1 Å². The van der Waals surface area contributed by atoms with Crippen molar-refractivity contribution in [2.45, 2.75) is 13.5 Å². The van der Waals surface area contributed by atoms with Crippen LogP contribution in [0.1, 0.15) is 21.7 Å². The molecule has 1 aromatic carbocycles. The van der Waals surface area contributed by atoms with Gasteiger partial charge in [0.25, 0.3) is 5.91 Å². The molecule has 3 heterocycles. The number of phenols is 1. The molecule has 29 heavy (non-hydrogen) atoms. The molecule has 1 amide bonds. The highest BCUT2D eigenvalue weighted by Gasteiger charge is 2.25. The molecule has 0 unspecified atom stereocenters. The van der Waals surface area contributed by atoms with Crippen molar-refractivity contribution in [3.8, 4) is 11.6 Å². The van der Waals surface area contributed by atoms with E-state index in [9.17, 15) is 9.90 Å². The monoisotopic (exact) mass is 385 g/mol. The minimum absolute atomic E-state index is 0.0200. The number of hydrogen-bond acceptors (Lipinski definition) is 5. The topological polar surface area (TPSA) is 84.1 Å². The van der Waals surface area contributed by atoms with Gasteiger partial charge in [-0.25, -0.2) is 9.67 Å². The van der Waals surface area contributed by atoms with Gasteiger partial charge in [0.1, 0.15) is 5.75 Å². The smallest absolute Gasteiger partial charge is 0.262 e. The number of benzene rings is 1. The van der Waals surface area contributed by atoms with E-state index in [1.54, 1.807) is 41.3 Å². The summed E-state index contributed by atoms with van der Waals surface area (Å²) in [5.74, 6) is 0.367. The van der Waals surface area contributed by atoms with Gasteiger partial charge in [-0.2, -0.15) is 5.10 Å². The Bertz CT molecular complexity index is 1130. The third-order valence-electron chi connectivity index (χ3n) is 4.57. The molecule has 7 heteroatoms. The van der Waals surface area contributed by atoms with E-state index in [0.717, 1.165) is 0 Å². The number of carbonyl (C=O) groups is 1. The molecule has 0 bridgehead atoms. The van der Waals surface area contributed by atoms with Gasteiger partial charge in [0.15, 0.2) is 5.82 Å². The van der Waals surface area contributed by atoms with Crippen molar-refractivity contribution in [3.63, 3.8) is 0 Å². The van der Waals surface area contributed by atoms with Crippen LogP contribution in [0.25, 0.3) is 5.82 Å². The summed E-state index contributed by atoms with van der Waals surface area (Å²) < 4.78 is 1.62. The summed E-state index contributed by atoms with van der Waals surface area (Å²) in [6, 6.07) is 17.8. The second-order valence-electron chi connectivity index (χ2n) is 6.44. The molecule has 0 spiro atoms. The van der Waals surface area contributed by atoms with E-state index in [4.69, 9.17) is 0 Å². The number of phenolic OH excluding ortho intramolecular Hbond substituents is 1. The van der Waals surface area contributed by atoms with Crippen LogP contribution < -0.4 is 4.90 Å². The fourth-order valence-electron chi connectivity index (χ4n) is 3.09. The Morgan fingerprint density at radius 1 is 1.00 bits per heavy atom. The van der Waals surface area contributed by atoms with Gasteiger partial charge < -0.3 is 5.11 Å². The SMILES string of the molecule is Cc1c(C(=O)N(Cc2ccccn2)c2ccccc2O)cnn1-c1ccccn1. The van der Waals surface area contributed by atoms with Crippen molar-refractivity contribution in [1.29, 1.82) is 0 Å². The summed E-state index contributed by atoms with van der Waals surface area (Å²) >= 11 is 0. The lowest BCUT2D eigenvalue weighted by atomic mass is 10.1. The van der Waals surface area contributed by atoms with Crippen LogP contribution in [0, 0.1) is 6.92 Å². The first-order valence-electron chi connectivity index (χ1n) is 9.11. The highest BCUT2D eigenvalue weighted by Crippen LogP contribution is 2.29. The molecule has 0 saturated heterocycles. The van der Waals surface area contributed by atoms with Gasteiger partial charge in [-0.1, -0.05) is 24.3 Å². The largest absolute Gasteiger partial charge is 0.506 e. The van der Waals surface area contributed by atoms with Crippen molar-refractivity contribution in [1.82, 2.24) is 19.7 Å². The van der Waals surface area contributed by atoms with Crippen LogP contribution in [0.3, 0.4) is 0 Å². The van der Waals surface area contributed by atoms with Crippen molar-refractivity contribution >= 4 is 11.6 Å². The van der Waals surface area contributed by atoms with Crippen LogP contribution in [-0.2, 0) is 6.54 Å². The third kappa shape index (κ3) is 3.70. The van der Waals surface area contributed by atoms with Gasteiger partial charge >= 0.3 is 0 Å². The molecule has 1 N–H and O–H groups in total. The van der Waals surface area contributed by atoms with Crippen LogP contribution in [0.2, 0.25) is 0 Å². The maximum atomic E-state index is 13.5. The zero-order valence-corrected chi connectivity index (χ0v) is 15.8. The number of aromatic nitrogens is 4. The first-order chi connectivity index (χ1) is 14.1. The van der Waals surface area contributed by atoms with Crippen molar-refractivity contribution in [3.05, 3.63) is 96.2 Å². The Balaban J connectivity index is 1.74. The number of hydrogen-bond donors (Lipinski definition) is 1. The Kier molecular flexibility index (Phi) is 5.03. The summed E-state index contributed by atoms with van der Waals surface area (Å²) in [6.07, 6.45) is 4.87. The Morgan fingerprint density at radius 2 is 1.72 bits per heavy atom. The van der Waals surface area contributed by atoms with E-state index in [1.807, 2.05) is 43.3 Å². The molecule has 0 saturated carbocycles. The summed E-state index contributed by atoms with van der Waals surface area (Å²) in [5.41, 5.74) is 2.21. The molecule has 0 aliphatic rings. The molecule has 0 radical (unpaired) electrons. The third-order valence-corrected chi connectivity index (χ3v) is 4.57. The molecule has 0 aliphatic heterocycles. The van der Waals surface area contributed by atoms with Crippen molar-refractivity contribution in [2.24, 2.45) is 0 Å². The highest BCUT2D eigenvalue weighted by atomic mass is 16.3. The summed E-state index contributed by atoms with van der Waals surface area (Å²) in [4.78, 5) is 23.6. The molecule has 0 fully saturated rings. The lowest BCUT2D eigenvalue weighted by Gasteiger charge is -2.23. The number of rotatable bonds is 5. The second-order valence-corrected chi connectivity index (χ2v) is 6.44. The van der Waals surface area contributed by atoms with Crippen LogP contribution in [-0.4, -0.2) is 30.8 Å². The average Bonchev–Trinajstić information content (AvgIpc) is 3.15. The summed E-state index contributed by atoms with van der Waals surface area (Å²) in [6.45, 7) is 2.03.